The maximum absolute atomic E-state index is 11.7. The lowest BCUT2D eigenvalue weighted by Crippen LogP contribution is -2.51. The third-order valence-electron chi connectivity index (χ3n) is 2.66. The highest BCUT2D eigenvalue weighted by Crippen LogP contribution is 2.15. The molecule has 17 heavy (non-hydrogen) atoms. The van der Waals surface area contributed by atoms with Crippen molar-refractivity contribution in [1.82, 2.24) is 4.90 Å². The van der Waals surface area contributed by atoms with Gasteiger partial charge >= 0.3 is 0 Å². The van der Waals surface area contributed by atoms with Gasteiger partial charge in [-0.25, -0.2) is 0 Å². The first-order valence-electron chi connectivity index (χ1n) is 5.29. The molecule has 1 saturated heterocycles. The molecule has 1 atom stereocenters. The first kappa shape index (κ1) is 12.1. The van der Waals surface area contributed by atoms with E-state index in [0.29, 0.717) is 6.54 Å². The normalized spacial score (nSPS) is 20.4. The van der Waals surface area contributed by atoms with Gasteiger partial charge in [-0.2, -0.15) is 0 Å². The molecule has 5 heteroatoms. The van der Waals surface area contributed by atoms with Crippen molar-refractivity contribution >= 4 is 22.8 Å². The largest absolute Gasteiger partial charge is 0.369 e. The van der Waals surface area contributed by atoms with Gasteiger partial charge < -0.3 is 9.64 Å². The van der Waals surface area contributed by atoms with E-state index < -0.39 is 11.3 Å². The summed E-state index contributed by atoms with van der Waals surface area (Å²) in [6.07, 6.45) is 0. The predicted molar refractivity (Wildman–Crippen MR) is 62.5 cm³/mol. The van der Waals surface area contributed by atoms with Gasteiger partial charge in [0.25, 0.3) is 0 Å². The molecule has 1 aliphatic heterocycles. The van der Waals surface area contributed by atoms with E-state index >= 15 is 0 Å². The zero-order valence-corrected chi connectivity index (χ0v) is 9.89. The van der Waals surface area contributed by atoms with E-state index in [1.807, 2.05) is 30.3 Å². The lowest BCUT2D eigenvalue weighted by atomic mass is 10.1. The number of amides is 1. The van der Waals surface area contributed by atoms with E-state index in [9.17, 15) is 9.59 Å². The molecule has 1 fully saturated rings. The predicted octanol–water partition coefficient (Wildman–Crippen LogP) is 1.18. The van der Waals surface area contributed by atoms with Gasteiger partial charge in [0.2, 0.25) is 11.1 Å². The van der Waals surface area contributed by atoms with Crippen LogP contribution in [-0.4, -0.2) is 35.3 Å². The van der Waals surface area contributed by atoms with Crippen LogP contribution in [0, 0.1) is 0 Å². The molecule has 4 nitrogen and oxygen atoms in total. The molecule has 2 rings (SSSR count). The molecule has 1 aromatic rings. The SMILES string of the molecule is O=C(Cl)[C@H]1COCC(=O)N1Cc1ccccc1. The first-order chi connectivity index (χ1) is 8.18. The summed E-state index contributed by atoms with van der Waals surface area (Å²) in [5.74, 6) is -0.209. The van der Waals surface area contributed by atoms with Crippen LogP contribution in [0.2, 0.25) is 0 Å². The number of halogens is 1. The monoisotopic (exact) mass is 253 g/mol. The number of carbonyl (C=O) groups is 2. The zero-order valence-electron chi connectivity index (χ0n) is 9.14. The number of carbonyl (C=O) groups excluding carboxylic acids is 2. The van der Waals surface area contributed by atoms with Crippen molar-refractivity contribution in [2.24, 2.45) is 0 Å². The van der Waals surface area contributed by atoms with Crippen LogP contribution in [0.15, 0.2) is 30.3 Å². The molecule has 0 bridgehead atoms. The summed E-state index contributed by atoms with van der Waals surface area (Å²) in [4.78, 5) is 24.4. The molecule has 1 heterocycles. The Morgan fingerprint density at radius 1 is 1.41 bits per heavy atom. The second-order valence-electron chi connectivity index (χ2n) is 3.84. The van der Waals surface area contributed by atoms with Crippen LogP contribution < -0.4 is 0 Å². The number of morpholine rings is 1. The second kappa shape index (κ2) is 5.29. The van der Waals surface area contributed by atoms with Crippen LogP contribution in [0.1, 0.15) is 5.56 Å². The maximum atomic E-state index is 11.7. The van der Waals surface area contributed by atoms with Crippen LogP contribution >= 0.6 is 11.6 Å². The van der Waals surface area contributed by atoms with E-state index in [0.717, 1.165) is 5.56 Å². The summed E-state index contributed by atoms with van der Waals surface area (Å²) in [5.41, 5.74) is 0.964. The molecule has 0 aliphatic carbocycles. The molecule has 1 aromatic carbocycles. The van der Waals surface area contributed by atoms with Gasteiger partial charge in [-0.05, 0) is 17.2 Å². The lowest BCUT2D eigenvalue weighted by molar-refractivity contribution is -0.152. The molecule has 0 saturated carbocycles. The van der Waals surface area contributed by atoms with E-state index in [4.69, 9.17) is 16.3 Å². The van der Waals surface area contributed by atoms with Crippen molar-refractivity contribution in [3.8, 4) is 0 Å². The van der Waals surface area contributed by atoms with Gasteiger partial charge in [-0.1, -0.05) is 30.3 Å². The number of nitrogens with zero attached hydrogens (tertiary/aromatic N) is 1. The van der Waals surface area contributed by atoms with E-state index in [1.54, 1.807) is 0 Å². The zero-order chi connectivity index (χ0) is 12.3. The summed E-state index contributed by atoms with van der Waals surface area (Å²) in [6, 6.07) is 8.79. The van der Waals surface area contributed by atoms with Gasteiger partial charge in [0.05, 0.1) is 6.61 Å². The van der Waals surface area contributed by atoms with Gasteiger partial charge in [0.1, 0.15) is 12.6 Å². The third kappa shape index (κ3) is 2.84. The average Bonchev–Trinajstić information content (AvgIpc) is 2.33. The van der Waals surface area contributed by atoms with Crippen LogP contribution in [0.3, 0.4) is 0 Å². The smallest absolute Gasteiger partial charge is 0.249 e. The van der Waals surface area contributed by atoms with E-state index in [1.165, 1.54) is 4.90 Å². The second-order valence-corrected chi connectivity index (χ2v) is 4.21. The first-order valence-corrected chi connectivity index (χ1v) is 5.67. The minimum absolute atomic E-state index is 0.00744. The van der Waals surface area contributed by atoms with Gasteiger partial charge in [0.15, 0.2) is 0 Å². The highest BCUT2D eigenvalue weighted by atomic mass is 35.5. The van der Waals surface area contributed by atoms with Crippen LogP contribution in [-0.2, 0) is 20.9 Å². The summed E-state index contributed by atoms with van der Waals surface area (Å²) in [7, 11) is 0. The summed E-state index contributed by atoms with van der Waals surface area (Å²) in [6.45, 7) is 0.556. The van der Waals surface area contributed by atoms with Crippen molar-refractivity contribution in [3.63, 3.8) is 0 Å². The Morgan fingerprint density at radius 3 is 2.76 bits per heavy atom. The molecule has 90 valence electrons. The molecule has 1 aliphatic rings. The highest BCUT2D eigenvalue weighted by molar-refractivity contribution is 6.64. The molecule has 0 aromatic heterocycles. The number of rotatable bonds is 3. The summed E-state index contributed by atoms with van der Waals surface area (Å²) >= 11 is 5.47. The minimum atomic E-state index is -0.682. The van der Waals surface area contributed by atoms with Gasteiger partial charge in [-0.15, -0.1) is 0 Å². The Balaban J connectivity index is 2.15. The minimum Gasteiger partial charge on any atom is -0.369 e. The molecule has 0 N–H and O–H groups in total. The lowest BCUT2D eigenvalue weighted by Gasteiger charge is -2.33. The molecule has 0 radical (unpaired) electrons. The topological polar surface area (TPSA) is 46.6 Å². The van der Waals surface area contributed by atoms with Crippen LogP contribution in [0.4, 0.5) is 0 Å². The summed E-state index contributed by atoms with van der Waals surface area (Å²) in [5, 5.41) is -0.561. The fourth-order valence-corrected chi connectivity index (χ4v) is 1.95. The Hall–Kier alpha value is -1.39. The van der Waals surface area contributed by atoms with Crippen LogP contribution in [0.5, 0.6) is 0 Å². The molecule has 0 unspecified atom stereocenters. The third-order valence-corrected chi connectivity index (χ3v) is 2.91. The molecule has 1 amide bonds. The standard InChI is InChI=1S/C12H12ClNO3/c13-12(16)10-7-17-8-11(15)14(10)6-9-4-2-1-3-5-9/h1-5,10H,6-8H2/t10-/m1/s1. The molecular formula is C12H12ClNO3. The Labute approximate surface area is 104 Å². The van der Waals surface area contributed by atoms with Crippen molar-refractivity contribution in [2.75, 3.05) is 13.2 Å². The fourth-order valence-electron chi connectivity index (χ4n) is 1.77. The fraction of sp³-hybridized carbons (Fsp3) is 0.333. The van der Waals surface area contributed by atoms with Gasteiger partial charge in [-0.3, -0.25) is 9.59 Å². The summed E-state index contributed by atoms with van der Waals surface area (Å²) < 4.78 is 5.03. The maximum Gasteiger partial charge on any atom is 0.249 e. The van der Waals surface area contributed by atoms with E-state index in [2.05, 4.69) is 0 Å². The van der Waals surface area contributed by atoms with Crippen molar-refractivity contribution in [1.29, 1.82) is 0 Å². The molecular weight excluding hydrogens is 242 g/mol. The van der Waals surface area contributed by atoms with Crippen molar-refractivity contribution < 1.29 is 14.3 Å². The average molecular weight is 254 g/mol. The number of hydrogen-bond acceptors (Lipinski definition) is 3. The number of hydrogen-bond donors (Lipinski definition) is 0. The Kier molecular flexibility index (Phi) is 3.76. The quantitative estimate of drug-likeness (QED) is 0.760. The van der Waals surface area contributed by atoms with Crippen molar-refractivity contribution in [2.45, 2.75) is 12.6 Å². The number of ether oxygens (including phenoxy) is 1. The highest BCUT2D eigenvalue weighted by Gasteiger charge is 2.32. The Morgan fingerprint density at radius 2 is 2.12 bits per heavy atom. The van der Waals surface area contributed by atoms with Crippen LogP contribution in [0.25, 0.3) is 0 Å². The molecule has 0 spiro atoms. The number of benzene rings is 1. The van der Waals surface area contributed by atoms with Crippen molar-refractivity contribution in [3.05, 3.63) is 35.9 Å². The Bertz CT molecular complexity index is 421. The van der Waals surface area contributed by atoms with Gasteiger partial charge in [0, 0.05) is 6.54 Å². The van der Waals surface area contributed by atoms with E-state index in [-0.39, 0.29) is 19.1 Å².